The van der Waals surface area contributed by atoms with Gasteiger partial charge in [0, 0.05) is 5.56 Å². The molecule has 0 aliphatic carbocycles. The number of para-hydroxylation sites is 1. The van der Waals surface area contributed by atoms with Crippen molar-refractivity contribution in [3.63, 3.8) is 0 Å². The van der Waals surface area contributed by atoms with Crippen LogP contribution in [0.2, 0.25) is 0 Å². The van der Waals surface area contributed by atoms with E-state index in [1.807, 2.05) is 67.6 Å². The first-order valence-corrected chi connectivity index (χ1v) is 9.96. The maximum Gasteiger partial charge on any atom is 0.270 e. The molecule has 2 aliphatic heterocycles. The third kappa shape index (κ3) is 2.41. The van der Waals surface area contributed by atoms with Gasteiger partial charge >= 0.3 is 0 Å². The van der Waals surface area contributed by atoms with Crippen molar-refractivity contribution in [2.24, 2.45) is 10.9 Å². The number of aromatic nitrogens is 1. The van der Waals surface area contributed by atoms with Gasteiger partial charge in [-0.3, -0.25) is 14.2 Å². The molecule has 28 heavy (non-hydrogen) atoms. The van der Waals surface area contributed by atoms with Crippen LogP contribution < -0.4 is 19.6 Å². The first-order valence-electron chi connectivity index (χ1n) is 9.14. The van der Waals surface area contributed by atoms with E-state index >= 15 is 0 Å². The van der Waals surface area contributed by atoms with E-state index in [0.717, 1.165) is 11.1 Å². The Bertz CT molecular complexity index is 1280. The third-order valence-electron chi connectivity index (χ3n) is 5.42. The zero-order valence-electron chi connectivity index (χ0n) is 15.5. The number of carbonyl (C=O) groups is 1. The number of nitrogens with zero attached hydrogens (tertiary/aromatic N) is 2. The van der Waals surface area contributed by atoms with Crippen molar-refractivity contribution in [3.8, 4) is 5.75 Å². The number of fused-ring (bicyclic) bond motifs is 6. The van der Waals surface area contributed by atoms with Crippen molar-refractivity contribution in [1.82, 2.24) is 4.57 Å². The second-order valence-electron chi connectivity index (χ2n) is 7.32. The lowest BCUT2D eigenvalue weighted by Gasteiger charge is -2.45. The lowest BCUT2D eigenvalue weighted by atomic mass is 9.79. The Balaban J connectivity index is 1.83. The van der Waals surface area contributed by atoms with Crippen molar-refractivity contribution in [1.29, 1.82) is 0 Å². The Hall–Kier alpha value is -2.99. The highest BCUT2D eigenvalue weighted by Gasteiger charge is 2.53. The smallest absolute Gasteiger partial charge is 0.270 e. The van der Waals surface area contributed by atoms with Gasteiger partial charge < -0.3 is 4.74 Å². The summed E-state index contributed by atoms with van der Waals surface area (Å²) in [6, 6.07) is 16.9. The van der Waals surface area contributed by atoms with Gasteiger partial charge in [-0.05, 0) is 31.6 Å². The second kappa shape index (κ2) is 6.01. The standard InChI is InChI=1S/C22H18N2O3S/c1-13(25)18-19-15-10-6-7-11-16(15)27-22(18,2)23-21-24(19)20(26)17(28-21)12-14-8-4-3-5-9-14/h3-12,18-19H,1-2H3/b17-12-/t18-,19+,22+/m0/s1. The van der Waals surface area contributed by atoms with E-state index in [4.69, 9.17) is 9.73 Å². The van der Waals surface area contributed by atoms with Crippen LogP contribution in [0.5, 0.6) is 5.75 Å². The number of carbonyl (C=O) groups excluding carboxylic acids is 1. The molecule has 1 aromatic heterocycles. The van der Waals surface area contributed by atoms with Gasteiger partial charge in [0.1, 0.15) is 17.5 Å². The second-order valence-corrected chi connectivity index (χ2v) is 8.33. The van der Waals surface area contributed by atoms with Crippen molar-refractivity contribution in [2.45, 2.75) is 25.6 Å². The quantitative estimate of drug-likeness (QED) is 0.675. The summed E-state index contributed by atoms with van der Waals surface area (Å²) in [6.07, 6.45) is 1.87. The zero-order valence-corrected chi connectivity index (χ0v) is 16.3. The van der Waals surface area contributed by atoms with Crippen LogP contribution in [0.3, 0.4) is 0 Å². The topological polar surface area (TPSA) is 60.7 Å². The van der Waals surface area contributed by atoms with Crippen LogP contribution in [0.25, 0.3) is 6.08 Å². The normalized spacial score (nSPS) is 25.3. The van der Waals surface area contributed by atoms with Crippen LogP contribution in [0.15, 0.2) is 64.4 Å². The molecule has 0 fully saturated rings. The van der Waals surface area contributed by atoms with Crippen LogP contribution in [0, 0.1) is 5.92 Å². The molecule has 0 amide bonds. The molecular weight excluding hydrogens is 372 g/mol. The van der Waals surface area contributed by atoms with Gasteiger partial charge in [0.15, 0.2) is 4.80 Å². The molecule has 3 atom stereocenters. The fraction of sp³-hybridized carbons (Fsp3) is 0.227. The maximum absolute atomic E-state index is 13.3. The molecule has 5 rings (SSSR count). The summed E-state index contributed by atoms with van der Waals surface area (Å²) in [5.74, 6) is 0.0865. The molecular formula is C22H18N2O3S. The number of ketones is 1. The van der Waals surface area contributed by atoms with Crippen molar-refractivity contribution in [3.05, 3.63) is 85.4 Å². The minimum atomic E-state index is -1.02. The molecule has 0 saturated carbocycles. The predicted octanol–water partition coefficient (Wildman–Crippen LogP) is 2.28. The van der Waals surface area contributed by atoms with E-state index in [0.29, 0.717) is 15.1 Å². The summed E-state index contributed by atoms with van der Waals surface area (Å²) >= 11 is 1.34. The highest BCUT2D eigenvalue weighted by Crippen LogP contribution is 2.47. The van der Waals surface area contributed by atoms with E-state index in [9.17, 15) is 9.59 Å². The first-order chi connectivity index (χ1) is 13.5. The highest BCUT2D eigenvalue weighted by atomic mass is 32.1. The van der Waals surface area contributed by atoms with Gasteiger partial charge in [0.25, 0.3) is 5.56 Å². The molecule has 0 saturated heterocycles. The summed E-state index contributed by atoms with van der Waals surface area (Å²) in [5, 5.41) is 0. The van der Waals surface area contributed by atoms with Crippen LogP contribution in [-0.2, 0) is 4.79 Å². The number of hydrogen-bond donors (Lipinski definition) is 0. The molecule has 0 unspecified atom stereocenters. The molecule has 3 heterocycles. The Morgan fingerprint density at radius 3 is 2.64 bits per heavy atom. The SMILES string of the molecule is CC(=O)[C@H]1[C@H]2c3ccccc3O[C@@]1(C)N=c1s/c(=C\c3ccccc3)c(=O)n12. The number of Topliss-reactive ketones (excluding diaryl/α,β-unsaturated/α-hetero) is 1. The van der Waals surface area contributed by atoms with Crippen LogP contribution in [0.4, 0.5) is 0 Å². The lowest BCUT2D eigenvalue weighted by Crippen LogP contribution is -2.58. The molecule has 140 valence electrons. The largest absolute Gasteiger partial charge is 0.465 e. The minimum absolute atomic E-state index is 0.0388. The zero-order chi connectivity index (χ0) is 19.5. The lowest BCUT2D eigenvalue weighted by molar-refractivity contribution is -0.132. The molecule has 2 aromatic carbocycles. The van der Waals surface area contributed by atoms with Gasteiger partial charge in [-0.1, -0.05) is 59.9 Å². The molecule has 5 nitrogen and oxygen atoms in total. The Morgan fingerprint density at radius 1 is 1.18 bits per heavy atom. The van der Waals surface area contributed by atoms with Gasteiger partial charge in [-0.15, -0.1) is 0 Å². The third-order valence-corrected chi connectivity index (χ3v) is 6.40. The summed E-state index contributed by atoms with van der Waals surface area (Å²) < 4.78 is 8.46. The van der Waals surface area contributed by atoms with Crippen LogP contribution >= 0.6 is 11.3 Å². The van der Waals surface area contributed by atoms with Gasteiger partial charge in [-0.25, -0.2) is 4.99 Å². The predicted molar refractivity (Wildman–Crippen MR) is 107 cm³/mol. The van der Waals surface area contributed by atoms with Crippen LogP contribution in [-0.4, -0.2) is 16.1 Å². The van der Waals surface area contributed by atoms with Crippen molar-refractivity contribution >= 4 is 23.2 Å². The van der Waals surface area contributed by atoms with Gasteiger partial charge in [0.05, 0.1) is 10.6 Å². The van der Waals surface area contributed by atoms with Crippen molar-refractivity contribution in [2.75, 3.05) is 0 Å². The Kier molecular flexibility index (Phi) is 3.67. The number of benzene rings is 2. The van der Waals surface area contributed by atoms with Crippen LogP contribution in [0.1, 0.15) is 31.0 Å². The molecule has 0 N–H and O–H groups in total. The fourth-order valence-corrected chi connectivity index (χ4v) is 5.36. The van der Waals surface area contributed by atoms with Gasteiger partial charge in [-0.2, -0.15) is 0 Å². The monoisotopic (exact) mass is 390 g/mol. The minimum Gasteiger partial charge on any atom is -0.465 e. The summed E-state index contributed by atoms with van der Waals surface area (Å²) in [6.45, 7) is 3.37. The summed E-state index contributed by atoms with van der Waals surface area (Å²) in [4.78, 5) is 31.2. The van der Waals surface area contributed by atoms with E-state index in [-0.39, 0.29) is 11.3 Å². The molecule has 3 aromatic rings. The molecule has 0 radical (unpaired) electrons. The molecule has 2 aliphatic rings. The van der Waals surface area contributed by atoms with Crippen molar-refractivity contribution < 1.29 is 9.53 Å². The molecule has 6 heteroatoms. The van der Waals surface area contributed by atoms with Gasteiger partial charge in [0.2, 0.25) is 5.72 Å². The van der Waals surface area contributed by atoms with E-state index < -0.39 is 17.7 Å². The number of hydrogen-bond acceptors (Lipinski definition) is 5. The highest BCUT2D eigenvalue weighted by molar-refractivity contribution is 7.07. The maximum atomic E-state index is 13.3. The molecule has 2 bridgehead atoms. The molecule has 0 spiro atoms. The summed E-state index contributed by atoms with van der Waals surface area (Å²) in [7, 11) is 0. The van der Waals surface area contributed by atoms with E-state index in [2.05, 4.69) is 0 Å². The first kappa shape index (κ1) is 17.1. The Morgan fingerprint density at radius 2 is 1.89 bits per heavy atom. The average molecular weight is 390 g/mol. The van der Waals surface area contributed by atoms with E-state index in [1.165, 1.54) is 11.3 Å². The number of thiazole rings is 1. The summed E-state index contributed by atoms with van der Waals surface area (Å²) in [5.41, 5.74) is 0.657. The number of rotatable bonds is 2. The Labute approximate surface area is 165 Å². The number of ether oxygens (including phenoxy) is 1. The average Bonchev–Trinajstić information content (AvgIpc) is 2.95. The fourth-order valence-electron chi connectivity index (χ4n) is 4.26. The van der Waals surface area contributed by atoms with E-state index in [1.54, 1.807) is 11.5 Å².